The summed E-state index contributed by atoms with van der Waals surface area (Å²) < 4.78 is 36.4. The molecule has 0 unspecified atom stereocenters. The van der Waals surface area contributed by atoms with Crippen LogP contribution in [0.1, 0.15) is 25.8 Å². The van der Waals surface area contributed by atoms with E-state index in [1.165, 1.54) is 7.05 Å². The number of nitrogens with one attached hydrogen (secondary N) is 2. The molecule has 0 atom stereocenters. The Balaban J connectivity index is 0.00000484. The first-order valence-corrected chi connectivity index (χ1v) is 7.29. The van der Waals surface area contributed by atoms with E-state index in [-0.39, 0.29) is 35.9 Å². The average Bonchev–Trinajstić information content (AvgIpc) is 2.41. The van der Waals surface area contributed by atoms with Crippen LogP contribution in [0.4, 0.5) is 13.2 Å². The fraction of sp³-hybridized carbons (Fsp3) is 0.533. The number of halogens is 5. The van der Waals surface area contributed by atoms with Crippen molar-refractivity contribution in [2.75, 3.05) is 20.1 Å². The van der Waals surface area contributed by atoms with Crippen molar-refractivity contribution in [1.29, 1.82) is 0 Å². The number of hydrogen-bond donors (Lipinski definition) is 2. The minimum absolute atomic E-state index is 0. The maximum atomic E-state index is 12.1. The first kappa shape index (κ1) is 22.3. The molecule has 0 saturated carbocycles. The first-order valence-electron chi connectivity index (χ1n) is 6.91. The van der Waals surface area contributed by atoms with Crippen molar-refractivity contribution in [1.82, 2.24) is 10.6 Å². The van der Waals surface area contributed by atoms with E-state index in [1.54, 1.807) is 6.07 Å². The van der Waals surface area contributed by atoms with Crippen molar-refractivity contribution < 1.29 is 13.2 Å². The van der Waals surface area contributed by atoms with Crippen molar-refractivity contribution >= 4 is 41.5 Å². The summed E-state index contributed by atoms with van der Waals surface area (Å²) in [5.74, 6) is 0.347. The summed E-state index contributed by atoms with van der Waals surface area (Å²) in [6.07, 6.45) is -5.07. The summed E-state index contributed by atoms with van der Waals surface area (Å²) in [6, 6.07) is 7.51. The highest BCUT2D eigenvalue weighted by molar-refractivity contribution is 14.0. The first-order chi connectivity index (χ1) is 10.1. The fourth-order valence-electron chi connectivity index (χ4n) is 1.86. The highest BCUT2D eigenvalue weighted by Crippen LogP contribution is 2.24. The predicted octanol–water partition coefficient (Wildman–Crippen LogP) is 4.35. The normalized spacial score (nSPS) is 12.6. The van der Waals surface area contributed by atoms with Gasteiger partial charge in [-0.1, -0.05) is 37.6 Å². The third-order valence-corrected chi connectivity index (χ3v) is 3.46. The monoisotopic (exact) mass is 463 g/mol. The number of nitrogens with zero attached hydrogens (tertiary/aromatic N) is 1. The lowest BCUT2D eigenvalue weighted by molar-refractivity contribution is -0.132. The number of aliphatic imine (C=N–C) groups is 1. The largest absolute Gasteiger partial charge is 0.390 e. The molecule has 2 N–H and O–H groups in total. The summed E-state index contributed by atoms with van der Waals surface area (Å²) in [4.78, 5) is 3.92. The molecule has 1 aromatic carbocycles. The molecule has 0 aromatic heterocycles. The van der Waals surface area contributed by atoms with Crippen molar-refractivity contribution in [3.05, 3.63) is 34.9 Å². The van der Waals surface area contributed by atoms with Gasteiger partial charge in [-0.15, -0.1) is 24.0 Å². The smallest absolute Gasteiger partial charge is 0.356 e. The minimum Gasteiger partial charge on any atom is -0.356 e. The van der Waals surface area contributed by atoms with Crippen molar-refractivity contribution in [2.24, 2.45) is 4.99 Å². The number of hydrogen-bond acceptors (Lipinski definition) is 1. The van der Waals surface area contributed by atoms with E-state index >= 15 is 0 Å². The second-order valence-corrected chi connectivity index (χ2v) is 6.05. The Kier molecular flexibility index (Phi) is 9.27. The molecular formula is C15H22ClF3IN3. The summed E-state index contributed by atoms with van der Waals surface area (Å²) in [5.41, 5.74) is 0.797. The van der Waals surface area contributed by atoms with Gasteiger partial charge in [-0.25, -0.2) is 0 Å². The second kappa shape index (κ2) is 9.56. The maximum absolute atomic E-state index is 12.1. The molecule has 0 aliphatic rings. The third kappa shape index (κ3) is 8.64. The topological polar surface area (TPSA) is 36.4 Å². The molecule has 0 aliphatic carbocycles. The number of benzene rings is 1. The molecule has 0 heterocycles. The van der Waals surface area contributed by atoms with Gasteiger partial charge in [0.05, 0.1) is 6.42 Å². The maximum Gasteiger partial charge on any atom is 0.390 e. The zero-order valence-corrected chi connectivity index (χ0v) is 16.4. The molecular weight excluding hydrogens is 442 g/mol. The van der Waals surface area contributed by atoms with Crippen LogP contribution >= 0.6 is 35.6 Å². The van der Waals surface area contributed by atoms with Crippen LogP contribution in [0.3, 0.4) is 0 Å². The van der Waals surface area contributed by atoms with E-state index in [2.05, 4.69) is 15.6 Å². The Bertz CT molecular complexity index is 519. The molecule has 23 heavy (non-hydrogen) atoms. The zero-order chi connectivity index (χ0) is 16.8. The van der Waals surface area contributed by atoms with Crippen LogP contribution in [-0.4, -0.2) is 32.3 Å². The van der Waals surface area contributed by atoms with Gasteiger partial charge in [0.2, 0.25) is 0 Å². The second-order valence-electron chi connectivity index (χ2n) is 5.61. The fourth-order valence-corrected chi connectivity index (χ4v) is 2.05. The molecule has 0 aliphatic heterocycles. The number of rotatable bonds is 5. The molecule has 0 amide bonds. The Morgan fingerprint density at radius 2 is 1.87 bits per heavy atom. The third-order valence-electron chi connectivity index (χ3n) is 3.23. The van der Waals surface area contributed by atoms with Gasteiger partial charge in [0.15, 0.2) is 5.96 Å². The average molecular weight is 464 g/mol. The molecule has 0 fully saturated rings. The summed E-state index contributed by atoms with van der Waals surface area (Å²) >= 11 is 5.99. The summed E-state index contributed by atoms with van der Waals surface area (Å²) in [6.45, 7) is 4.35. The molecule has 132 valence electrons. The van der Waals surface area contributed by atoms with Crippen LogP contribution in [0, 0.1) is 0 Å². The highest BCUT2D eigenvalue weighted by atomic mass is 127. The van der Waals surface area contributed by atoms with E-state index < -0.39 is 12.6 Å². The highest BCUT2D eigenvalue weighted by Gasteiger charge is 2.26. The van der Waals surface area contributed by atoms with Crippen LogP contribution in [0.2, 0.25) is 5.02 Å². The Morgan fingerprint density at radius 1 is 1.22 bits per heavy atom. The molecule has 0 bridgehead atoms. The van der Waals surface area contributed by atoms with Crippen LogP contribution in [-0.2, 0) is 5.41 Å². The van der Waals surface area contributed by atoms with Gasteiger partial charge in [0.1, 0.15) is 0 Å². The number of guanidine groups is 1. The van der Waals surface area contributed by atoms with Gasteiger partial charge in [0, 0.05) is 30.6 Å². The van der Waals surface area contributed by atoms with Crippen LogP contribution in [0.5, 0.6) is 0 Å². The molecule has 8 heteroatoms. The van der Waals surface area contributed by atoms with Gasteiger partial charge >= 0.3 is 6.18 Å². The van der Waals surface area contributed by atoms with E-state index in [4.69, 9.17) is 11.6 Å². The Labute approximate surface area is 157 Å². The quantitative estimate of drug-likeness (QED) is 0.387. The van der Waals surface area contributed by atoms with Gasteiger partial charge in [0.25, 0.3) is 0 Å². The lowest BCUT2D eigenvalue weighted by Crippen LogP contribution is -2.44. The van der Waals surface area contributed by atoms with E-state index in [0.29, 0.717) is 17.5 Å². The van der Waals surface area contributed by atoms with Gasteiger partial charge < -0.3 is 10.6 Å². The van der Waals surface area contributed by atoms with Gasteiger partial charge in [-0.3, -0.25) is 4.99 Å². The standard InChI is InChI=1S/C15H21ClF3N3.HI/c1-14(2,11-5-4-6-12(16)9-11)10-22-13(20-3)21-8-7-15(17,18)19;/h4-6,9H,7-8,10H2,1-3H3,(H2,20,21,22);1H. The number of alkyl halides is 3. The zero-order valence-electron chi connectivity index (χ0n) is 13.3. The molecule has 0 radical (unpaired) electrons. The lowest BCUT2D eigenvalue weighted by atomic mass is 9.84. The van der Waals surface area contributed by atoms with Crippen molar-refractivity contribution in [3.63, 3.8) is 0 Å². The molecule has 3 nitrogen and oxygen atoms in total. The Hall–Kier alpha value is -0.700. The minimum atomic E-state index is -4.17. The molecule has 0 spiro atoms. The van der Waals surface area contributed by atoms with Crippen LogP contribution in [0.15, 0.2) is 29.3 Å². The molecule has 0 saturated heterocycles. The SMILES string of the molecule is CN=C(NCCC(F)(F)F)NCC(C)(C)c1cccc(Cl)c1.I. The molecule has 1 aromatic rings. The Morgan fingerprint density at radius 3 is 2.39 bits per heavy atom. The van der Waals surface area contributed by atoms with Crippen LogP contribution < -0.4 is 10.6 Å². The van der Waals surface area contributed by atoms with Gasteiger partial charge in [-0.2, -0.15) is 13.2 Å². The van der Waals surface area contributed by atoms with Crippen LogP contribution in [0.25, 0.3) is 0 Å². The van der Waals surface area contributed by atoms with Gasteiger partial charge in [-0.05, 0) is 17.7 Å². The van der Waals surface area contributed by atoms with E-state index in [1.807, 2.05) is 32.0 Å². The predicted molar refractivity (Wildman–Crippen MR) is 99.9 cm³/mol. The van der Waals surface area contributed by atoms with E-state index in [0.717, 1.165) is 5.56 Å². The summed E-state index contributed by atoms with van der Waals surface area (Å²) in [7, 11) is 1.52. The van der Waals surface area contributed by atoms with Crippen molar-refractivity contribution in [2.45, 2.75) is 31.9 Å². The summed E-state index contributed by atoms with van der Waals surface area (Å²) in [5, 5.41) is 6.35. The van der Waals surface area contributed by atoms with Crippen molar-refractivity contribution in [3.8, 4) is 0 Å². The van der Waals surface area contributed by atoms with E-state index in [9.17, 15) is 13.2 Å². The molecule has 1 rings (SSSR count). The lowest BCUT2D eigenvalue weighted by Gasteiger charge is -2.27.